The third-order valence-corrected chi connectivity index (χ3v) is 5.55. The molecular weight excluding hydrogens is 288 g/mol. The number of nitrogens with zero attached hydrogens (tertiary/aromatic N) is 1. The molecule has 1 heterocycles. The van der Waals surface area contributed by atoms with Crippen molar-refractivity contribution >= 4 is 15.9 Å². The Morgan fingerprint density at radius 3 is 2.52 bits per heavy atom. The molecule has 0 radical (unpaired) electrons. The Labute approximate surface area is 126 Å². The van der Waals surface area contributed by atoms with Gasteiger partial charge in [-0.1, -0.05) is 19.9 Å². The monoisotopic (exact) mass is 310 g/mol. The first-order chi connectivity index (χ1) is 9.81. The summed E-state index contributed by atoms with van der Waals surface area (Å²) >= 11 is 0. The fourth-order valence-electron chi connectivity index (χ4n) is 2.92. The van der Waals surface area contributed by atoms with Crippen LogP contribution in [0.25, 0.3) is 0 Å². The third kappa shape index (κ3) is 3.27. The van der Waals surface area contributed by atoms with Gasteiger partial charge in [0.1, 0.15) is 0 Å². The van der Waals surface area contributed by atoms with E-state index in [1.807, 2.05) is 4.90 Å². The number of benzene rings is 1. The van der Waals surface area contributed by atoms with Crippen LogP contribution in [0.5, 0.6) is 0 Å². The largest absolute Gasteiger partial charge is 0.338 e. The number of sulfonamides is 1. The van der Waals surface area contributed by atoms with Gasteiger partial charge in [0, 0.05) is 18.7 Å². The molecule has 0 spiro atoms. The van der Waals surface area contributed by atoms with Gasteiger partial charge in [0.25, 0.3) is 5.91 Å². The van der Waals surface area contributed by atoms with Gasteiger partial charge in [0.05, 0.1) is 4.90 Å². The van der Waals surface area contributed by atoms with E-state index in [0.29, 0.717) is 5.56 Å². The van der Waals surface area contributed by atoms with Crippen LogP contribution in [0.4, 0.5) is 0 Å². The molecule has 1 aliphatic heterocycles. The number of likely N-dealkylation sites (tertiary alicyclic amines) is 1. The summed E-state index contributed by atoms with van der Waals surface area (Å²) in [5.74, 6) is -0.121. The summed E-state index contributed by atoms with van der Waals surface area (Å²) in [6.07, 6.45) is 3.09. The highest BCUT2D eigenvalue weighted by Crippen LogP contribution is 2.37. The molecule has 1 amide bonds. The number of carbonyl (C=O) groups is 1. The Balaban J connectivity index is 2.22. The Bertz CT molecular complexity index is 636. The van der Waals surface area contributed by atoms with E-state index >= 15 is 0 Å². The predicted molar refractivity (Wildman–Crippen MR) is 81.4 cm³/mol. The van der Waals surface area contributed by atoms with Crippen molar-refractivity contribution in [2.75, 3.05) is 13.1 Å². The van der Waals surface area contributed by atoms with Crippen LogP contribution < -0.4 is 5.14 Å². The number of primary sulfonamides is 1. The quantitative estimate of drug-likeness (QED) is 0.923. The Hall–Kier alpha value is -1.40. The van der Waals surface area contributed by atoms with Crippen LogP contribution >= 0.6 is 0 Å². The third-order valence-electron chi connectivity index (χ3n) is 4.64. The fraction of sp³-hybridized carbons (Fsp3) is 0.533. The smallest absolute Gasteiger partial charge is 0.253 e. The minimum atomic E-state index is -3.79. The first-order valence-electron chi connectivity index (χ1n) is 7.23. The zero-order valence-corrected chi connectivity index (χ0v) is 13.3. The van der Waals surface area contributed by atoms with Gasteiger partial charge in [-0.25, -0.2) is 13.6 Å². The lowest BCUT2D eigenvalue weighted by molar-refractivity contribution is 0.0769. The van der Waals surface area contributed by atoms with Gasteiger partial charge in [-0.15, -0.1) is 0 Å². The SMILES string of the molecule is CCC1(CC)CCN(C(=O)c2cccc(S(N)(=O)=O)c2)C1. The van der Waals surface area contributed by atoms with Crippen LogP contribution in [0, 0.1) is 5.41 Å². The van der Waals surface area contributed by atoms with Gasteiger partial charge in [-0.2, -0.15) is 0 Å². The van der Waals surface area contributed by atoms with Crippen molar-refractivity contribution in [3.8, 4) is 0 Å². The Morgan fingerprint density at radius 1 is 1.33 bits per heavy atom. The molecule has 1 aromatic rings. The molecule has 0 saturated carbocycles. The van der Waals surface area contributed by atoms with E-state index in [1.165, 1.54) is 12.1 Å². The van der Waals surface area contributed by atoms with Gasteiger partial charge in [0.15, 0.2) is 0 Å². The highest BCUT2D eigenvalue weighted by molar-refractivity contribution is 7.89. The number of carbonyl (C=O) groups excluding carboxylic acids is 1. The van der Waals surface area contributed by atoms with Gasteiger partial charge >= 0.3 is 0 Å². The van der Waals surface area contributed by atoms with Crippen molar-refractivity contribution in [1.29, 1.82) is 0 Å². The lowest BCUT2D eigenvalue weighted by Crippen LogP contribution is -2.32. The van der Waals surface area contributed by atoms with E-state index in [9.17, 15) is 13.2 Å². The molecule has 5 nitrogen and oxygen atoms in total. The molecule has 0 aliphatic carbocycles. The summed E-state index contributed by atoms with van der Waals surface area (Å²) in [6, 6.07) is 5.94. The van der Waals surface area contributed by atoms with E-state index in [0.717, 1.165) is 32.4 Å². The van der Waals surface area contributed by atoms with Crippen LogP contribution in [-0.4, -0.2) is 32.3 Å². The fourth-order valence-corrected chi connectivity index (χ4v) is 3.48. The molecular formula is C15H22N2O3S. The average molecular weight is 310 g/mol. The van der Waals surface area contributed by atoms with Crippen LogP contribution in [-0.2, 0) is 10.0 Å². The molecule has 1 aliphatic rings. The van der Waals surface area contributed by atoms with Crippen molar-refractivity contribution < 1.29 is 13.2 Å². The molecule has 116 valence electrons. The maximum absolute atomic E-state index is 12.5. The molecule has 2 N–H and O–H groups in total. The first-order valence-corrected chi connectivity index (χ1v) is 8.78. The highest BCUT2D eigenvalue weighted by Gasteiger charge is 2.37. The molecule has 0 aromatic heterocycles. The van der Waals surface area contributed by atoms with E-state index in [1.54, 1.807) is 12.1 Å². The lowest BCUT2D eigenvalue weighted by atomic mass is 9.82. The maximum atomic E-state index is 12.5. The van der Waals surface area contributed by atoms with Gasteiger partial charge in [-0.3, -0.25) is 4.79 Å². The summed E-state index contributed by atoms with van der Waals surface area (Å²) in [5.41, 5.74) is 0.581. The van der Waals surface area contributed by atoms with E-state index in [-0.39, 0.29) is 16.2 Å². The van der Waals surface area contributed by atoms with Crippen LogP contribution in [0.1, 0.15) is 43.5 Å². The number of hydrogen-bond donors (Lipinski definition) is 1. The predicted octanol–water partition coefficient (Wildman–Crippen LogP) is 1.99. The molecule has 2 rings (SSSR count). The zero-order valence-electron chi connectivity index (χ0n) is 12.5. The Morgan fingerprint density at radius 2 is 2.00 bits per heavy atom. The van der Waals surface area contributed by atoms with Crippen LogP contribution in [0.3, 0.4) is 0 Å². The molecule has 0 unspecified atom stereocenters. The van der Waals surface area contributed by atoms with Crippen molar-refractivity contribution in [2.24, 2.45) is 10.6 Å². The minimum Gasteiger partial charge on any atom is -0.338 e. The summed E-state index contributed by atoms with van der Waals surface area (Å²) in [6.45, 7) is 5.76. The second-order valence-electron chi connectivity index (χ2n) is 5.76. The molecule has 0 bridgehead atoms. The van der Waals surface area contributed by atoms with Crippen molar-refractivity contribution in [2.45, 2.75) is 38.0 Å². The number of nitrogens with two attached hydrogens (primary N) is 1. The summed E-state index contributed by atoms with van der Waals surface area (Å²) in [4.78, 5) is 14.3. The summed E-state index contributed by atoms with van der Waals surface area (Å²) in [7, 11) is -3.79. The first kappa shape index (κ1) is 16.0. The lowest BCUT2D eigenvalue weighted by Gasteiger charge is -2.26. The van der Waals surface area contributed by atoms with Crippen molar-refractivity contribution in [3.63, 3.8) is 0 Å². The molecule has 1 fully saturated rings. The standard InChI is InChI=1S/C15H22N2O3S/c1-3-15(4-2)8-9-17(11-15)14(18)12-6-5-7-13(10-12)21(16,19)20/h5-7,10H,3-4,8-9,11H2,1-2H3,(H2,16,19,20). The average Bonchev–Trinajstić information content (AvgIpc) is 2.91. The van der Waals surface area contributed by atoms with E-state index in [2.05, 4.69) is 13.8 Å². The maximum Gasteiger partial charge on any atom is 0.253 e. The number of amides is 1. The highest BCUT2D eigenvalue weighted by atomic mass is 32.2. The second kappa shape index (κ2) is 5.77. The zero-order chi connectivity index (χ0) is 15.7. The molecule has 21 heavy (non-hydrogen) atoms. The minimum absolute atomic E-state index is 0.0233. The van der Waals surface area contributed by atoms with Crippen LogP contribution in [0.15, 0.2) is 29.2 Å². The van der Waals surface area contributed by atoms with Gasteiger partial charge < -0.3 is 4.90 Å². The second-order valence-corrected chi connectivity index (χ2v) is 7.32. The van der Waals surface area contributed by atoms with Crippen molar-refractivity contribution in [1.82, 2.24) is 4.90 Å². The van der Waals surface area contributed by atoms with E-state index < -0.39 is 10.0 Å². The molecule has 6 heteroatoms. The summed E-state index contributed by atoms with van der Waals surface area (Å²) < 4.78 is 22.8. The summed E-state index contributed by atoms with van der Waals surface area (Å²) in [5, 5.41) is 5.11. The number of hydrogen-bond acceptors (Lipinski definition) is 3. The topological polar surface area (TPSA) is 80.5 Å². The Kier molecular flexibility index (Phi) is 4.39. The van der Waals surface area contributed by atoms with Gasteiger partial charge in [0.2, 0.25) is 10.0 Å². The molecule has 0 atom stereocenters. The van der Waals surface area contributed by atoms with Gasteiger partial charge in [-0.05, 0) is 42.9 Å². The van der Waals surface area contributed by atoms with E-state index in [4.69, 9.17) is 5.14 Å². The molecule has 1 saturated heterocycles. The van der Waals surface area contributed by atoms with Crippen molar-refractivity contribution in [3.05, 3.63) is 29.8 Å². The normalized spacial score (nSPS) is 18.0. The van der Waals surface area contributed by atoms with Crippen LogP contribution in [0.2, 0.25) is 0 Å². The molecule has 1 aromatic carbocycles. The number of rotatable bonds is 4.